The molecule has 2 heteroatoms. The summed E-state index contributed by atoms with van der Waals surface area (Å²) in [4.78, 5) is 2.59. The first-order chi connectivity index (χ1) is 5.81. The zero-order chi connectivity index (χ0) is 8.44. The Kier molecular flexibility index (Phi) is 2.37. The average molecular weight is 167 g/mol. The molecule has 0 bridgehead atoms. The van der Waals surface area contributed by atoms with Crippen LogP contribution in [0, 0.1) is 0 Å². The van der Waals surface area contributed by atoms with Gasteiger partial charge in [0.25, 0.3) is 0 Å². The van der Waals surface area contributed by atoms with Crippen molar-refractivity contribution in [3.63, 3.8) is 0 Å². The van der Waals surface area contributed by atoms with Crippen LogP contribution in [0.5, 0.6) is 0 Å². The van der Waals surface area contributed by atoms with Gasteiger partial charge < -0.3 is 0 Å². The lowest BCUT2D eigenvalue weighted by Gasteiger charge is -2.39. The SMILES string of the molecule is CC1(N2CCCCC2)CCC[N]1. The van der Waals surface area contributed by atoms with Gasteiger partial charge in [0.15, 0.2) is 0 Å². The normalized spacial score (nSPS) is 38.8. The maximum Gasteiger partial charge on any atom is 0.0845 e. The van der Waals surface area contributed by atoms with Gasteiger partial charge in [-0.05, 0) is 45.7 Å². The molecule has 2 aliphatic rings. The van der Waals surface area contributed by atoms with Crippen LogP contribution in [0.4, 0.5) is 0 Å². The number of hydrogen-bond donors (Lipinski definition) is 0. The molecule has 0 aromatic carbocycles. The van der Waals surface area contributed by atoms with E-state index < -0.39 is 0 Å². The number of rotatable bonds is 1. The van der Waals surface area contributed by atoms with E-state index in [9.17, 15) is 0 Å². The molecule has 0 saturated carbocycles. The van der Waals surface area contributed by atoms with E-state index in [-0.39, 0.29) is 5.66 Å². The molecular formula is C10H19N2. The van der Waals surface area contributed by atoms with E-state index in [1.54, 1.807) is 0 Å². The van der Waals surface area contributed by atoms with Crippen molar-refractivity contribution in [1.29, 1.82) is 0 Å². The van der Waals surface area contributed by atoms with Crippen molar-refractivity contribution in [3.8, 4) is 0 Å². The molecule has 69 valence electrons. The Balaban J connectivity index is 1.96. The van der Waals surface area contributed by atoms with Gasteiger partial charge in [0.1, 0.15) is 0 Å². The number of piperidine rings is 1. The number of hydrogen-bond acceptors (Lipinski definition) is 1. The molecule has 2 aliphatic heterocycles. The predicted molar refractivity (Wildman–Crippen MR) is 50.1 cm³/mol. The molecule has 0 aromatic rings. The number of likely N-dealkylation sites (tertiary alicyclic amines) is 1. The van der Waals surface area contributed by atoms with Gasteiger partial charge in [0.2, 0.25) is 0 Å². The Hall–Kier alpha value is -0.0800. The molecule has 12 heavy (non-hydrogen) atoms. The Morgan fingerprint density at radius 1 is 1.08 bits per heavy atom. The average Bonchev–Trinajstić information content (AvgIpc) is 2.55. The first-order valence-corrected chi connectivity index (χ1v) is 5.25. The summed E-state index contributed by atoms with van der Waals surface area (Å²) in [6, 6.07) is 0. The van der Waals surface area contributed by atoms with Gasteiger partial charge >= 0.3 is 0 Å². The van der Waals surface area contributed by atoms with Crippen molar-refractivity contribution in [2.75, 3.05) is 19.6 Å². The standard InChI is InChI=1S/C10H19N2/c1-10(6-5-7-11-10)12-8-3-2-4-9-12/h2-9H2,1H3. The van der Waals surface area contributed by atoms with E-state index in [2.05, 4.69) is 11.8 Å². The zero-order valence-electron chi connectivity index (χ0n) is 8.05. The minimum Gasteiger partial charge on any atom is -0.285 e. The Labute approximate surface area is 75.3 Å². The van der Waals surface area contributed by atoms with Crippen LogP contribution < -0.4 is 5.32 Å². The van der Waals surface area contributed by atoms with Crippen LogP contribution in [0.15, 0.2) is 0 Å². The molecule has 0 amide bonds. The van der Waals surface area contributed by atoms with Gasteiger partial charge in [-0.15, -0.1) is 0 Å². The summed E-state index contributed by atoms with van der Waals surface area (Å²) >= 11 is 0. The molecular weight excluding hydrogens is 148 g/mol. The van der Waals surface area contributed by atoms with Crippen molar-refractivity contribution < 1.29 is 0 Å². The third-order valence-electron chi connectivity index (χ3n) is 3.30. The van der Waals surface area contributed by atoms with Crippen LogP contribution in [0.3, 0.4) is 0 Å². The summed E-state index contributed by atoms with van der Waals surface area (Å²) < 4.78 is 0. The van der Waals surface area contributed by atoms with Crippen molar-refractivity contribution >= 4 is 0 Å². The quantitative estimate of drug-likeness (QED) is 0.579. The van der Waals surface area contributed by atoms with E-state index in [4.69, 9.17) is 5.32 Å². The molecule has 2 saturated heterocycles. The molecule has 1 radical (unpaired) electrons. The maximum absolute atomic E-state index is 4.72. The molecule has 1 unspecified atom stereocenters. The summed E-state index contributed by atoms with van der Waals surface area (Å²) in [5.41, 5.74) is 0.223. The minimum absolute atomic E-state index is 0.223. The van der Waals surface area contributed by atoms with Gasteiger partial charge in [0.05, 0.1) is 5.66 Å². The molecule has 0 N–H and O–H groups in total. The largest absolute Gasteiger partial charge is 0.285 e. The summed E-state index contributed by atoms with van der Waals surface area (Å²) in [6.45, 7) is 5.96. The van der Waals surface area contributed by atoms with Crippen LogP contribution in [0.1, 0.15) is 39.0 Å². The molecule has 2 fully saturated rings. The lowest BCUT2D eigenvalue weighted by atomic mass is 10.0. The summed E-state index contributed by atoms with van der Waals surface area (Å²) in [7, 11) is 0. The van der Waals surface area contributed by atoms with Crippen molar-refractivity contribution in [3.05, 3.63) is 0 Å². The molecule has 2 heterocycles. The summed E-state index contributed by atoms with van der Waals surface area (Å²) in [5.74, 6) is 0. The second kappa shape index (κ2) is 3.35. The van der Waals surface area contributed by atoms with E-state index in [0.29, 0.717) is 0 Å². The molecule has 1 atom stereocenters. The van der Waals surface area contributed by atoms with Gasteiger partial charge in [-0.2, -0.15) is 0 Å². The minimum atomic E-state index is 0.223. The monoisotopic (exact) mass is 167 g/mol. The fourth-order valence-electron chi connectivity index (χ4n) is 2.45. The zero-order valence-corrected chi connectivity index (χ0v) is 8.05. The highest BCUT2D eigenvalue weighted by molar-refractivity contribution is 4.89. The molecule has 2 nitrogen and oxygen atoms in total. The summed E-state index contributed by atoms with van der Waals surface area (Å²) in [5, 5.41) is 4.72. The lowest BCUT2D eigenvalue weighted by Crippen LogP contribution is -2.51. The van der Waals surface area contributed by atoms with Gasteiger partial charge in [-0.3, -0.25) is 4.90 Å². The smallest absolute Gasteiger partial charge is 0.0845 e. The second-order valence-corrected chi connectivity index (χ2v) is 4.25. The van der Waals surface area contributed by atoms with Crippen LogP contribution in [0.2, 0.25) is 0 Å². The second-order valence-electron chi connectivity index (χ2n) is 4.25. The van der Waals surface area contributed by atoms with Gasteiger partial charge in [0, 0.05) is 6.54 Å². The van der Waals surface area contributed by atoms with Gasteiger partial charge in [-0.1, -0.05) is 6.42 Å². The van der Waals surface area contributed by atoms with Crippen LogP contribution in [0.25, 0.3) is 0 Å². The third kappa shape index (κ3) is 1.50. The molecule has 0 spiro atoms. The van der Waals surface area contributed by atoms with E-state index in [1.165, 1.54) is 45.2 Å². The Morgan fingerprint density at radius 2 is 1.83 bits per heavy atom. The number of nitrogens with zero attached hydrogens (tertiary/aromatic N) is 2. The van der Waals surface area contributed by atoms with E-state index in [0.717, 1.165) is 6.54 Å². The third-order valence-corrected chi connectivity index (χ3v) is 3.30. The highest BCUT2D eigenvalue weighted by atomic mass is 15.3. The van der Waals surface area contributed by atoms with E-state index in [1.807, 2.05) is 0 Å². The first-order valence-electron chi connectivity index (χ1n) is 5.25. The fourth-order valence-corrected chi connectivity index (χ4v) is 2.45. The predicted octanol–water partition coefficient (Wildman–Crippen LogP) is 1.59. The van der Waals surface area contributed by atoms with Crippen molar-refractivity contribution in [2.45, 2.75) is 44.7 Å². The van der Waals surface area contributed by atoms with Crippen LogP contribution >= 0.6 is 0 Å². The highest BCUT2D eigenvalue weighted by Gasteiger charge is 2.35. The lowest BCUT2D eigenvalue weighted by molar-refractivity contribution is 0.0653. The van der Waals surface area contributed by atoms with Crippen LogP contribution in [-0.2, 0) is 0 Å². The maximum atomic E-state index is 4.72. The highest BCUT2D eigenvalue weighted by Crippen LogP contribution is 2.27. The molecule has 2 rings (SSSR count). The topological polar surface area (TPSA) is 17.3 Å². The molecule has 0 aromatic heterocycles. The first kappa shape index (κ1) is 8.52. The van der Waals surface area contributed by atoms with Crippen molar-refractivity contribution in [2.24, 2.45) is 0 Å². The Bertz CT molecular complexity index is 144. The van der Waals surface area contributed by atoms with Crippen LogP contribution in [-0.4, -0.2) is 30.2 Å². The summed E-state index contributed by atoms with van der Waals surface area (Å²) in [6.07, 6.45) is 6.77. The van der Waals surface area contributed by atoms with Gasteiger partial charge in [-0.25, -0.2) is 5.32 Å². The van der Waals surface area contributed by atoms with Crippen molar-refractivity contribution in [1.82, 2.24) is 10.2 Å². The van der Waals surface area contributed by atoms with E-state index >= 15 is 0 Å². The molecule has 0 aliphatic carbocycles. The fraction of sp³-hybridized carbons (Fsp3) is 1.00. The Morgan fingerprint density at radius 3 is 2.42 bits per heavy atom.